The molecule has 2 N–H and O–H groups in total. The number of aliphatic imine (C=N–C) groups is 1. The van der Waals surface area contributed by atoms with Crippen molar-refractivity contribution in [3.05, 3.63) is 19.9 Å². The van der Waals surface area contributed by atoms with E-state index in [1.54, 1.807) is 11.3 Å². The van der Waals surface area contributed by atoms with Gasteiger partial charge in [-0.25, -0.2) is 0 Å². The molecular weight excluding hydrogens is 529 g/mol. The quantitative estimate of drug-likeness (QED) is 0.321. The van der Waals surface area contributed by atoms with Crippen molar-refractivity contribution in [2.75, 3.05) is 19.6 Å². The predicted molar refractivity (Wildman–Crippen MR) is 101 cm³/mol. The number of alkyl halides is 3. The summed E-state index contributed by atoms with van der Waals surface area (Å²) in [7, 11) is 0. The maximum atomic E-state index is 12.1. The highest BCUT2D eigenvalue weighted by Gasteiger charge is 2.26. The average molecular weight is 547 g/mol. The molecule has 9 heteroatoms. The molecule has 21 heavy (non-hydrogen) atoms. The van der Waals surface area contributed by atoms with Crippen LogP contribution in [0.1, 0.15) is 18.2 Å². The van der Waals surface area contributed by atoms with Crippen molar-refractivity contribution >= 4 is 63.9 Å². The minimum absolute atomic E-state index is 0. The van der Waals surface area contributed by atoms with E-state index in [1.165, 1.54) is 7.76 Å². The van der Waals surface area contributed by atoms with Crippen molar-refractivity contribution in [3.63, 3.8) is 0 Å². The van der Waals surface area contributed by atoms with E-state index in [0.717, 1.165) is 6.42 Å². The van der Waals surface area contributed by atoms with E-state index >= 15 is 0 Å². The lowest BCUT2D eigenvalue weighted by atomic mass is 10.3. The summed E-state index contributed by atoms with van der Waals surface area (Å²) in [4.78, 5) is 5.16. The Kier molecular flexibility index (Phi) is 11.0. The van der Waals surface area contributed by atoms with Gasteiger partial charge in [-0.3, -0.25) is 4.99 Å². The first kappa shape index (κ1) is 21.2. The molecule has 1 aromatic heterocycles. The van der Waals surface area contributed by atoms with Gasteiger partial charge in [0.1, 0.15) is 0 Å². The van der Waals surface area contributed by atoms with E-state index in [2.05, 4.69) is 44.3 Å². The van der Waals surface area contributed by atoms with E-state index in [-0.39, 0.29) is 30.5 Å². The largest absolute Gasteiger partial charge is 0.390 e. The summed E-state index contributed by atoms with van der Waals surface area (Å²) >= 11 is 3.97. The van der Waals surface area contributed by atoms with Crippen LogP contribution in [-0.2, 0) is 6.42 Å². The summed E-state index contributed by atoms with van der Waals surface area (Å²) in [6, 6.07) is 4.10. The smallest absolute Gasteiger partial charge is 0.357 e. The molecule has 0 aromatic carbocycles. The van der Waals surface area contributed by atoms with Crippen LogP contribution < -0.4 is 10.6 Å². The molecule has 0 spiro atoms. The molecule has 0 aliphatic heterocycles. The lowest BCUT2D eigenvalue weighted by molar-refractivity contribution is -0.132. The van der Waals surface area contributed by atoms with Gasteiger partial charge in [-0.15, -0.1) is 35.3 Å². The van der Waals surface area contributed by atoms with Crippen LogP contribution >= 0.6 is 57.9 Å². The number of nitrogens with one attached hydrogen (secondary N) is 2. The van der Waals surface area contributed by atoms with Gasteiger partial charge < -0.3 is 10.6 Å². The number of nitrogens with zero attached hydrogens (tertiary/aromatic N) is 1. The zero-order chi connectivity index (χ0) is 15.0. The van der Waals surface area contributed by atoms with E-state index in [4.69, 9.17) is 0 Å². The van der Waals surface area contributed by atoms with Crippen molar-refractivity contribution in [1.29, 1.82) is 0 Å². The topological polar surface area (TPSA) is 36.4 Å². The molecule has 0 aliphatic rings. The van der Waals surface area contributed by atoms with Crippen molar-refractivity contribution in [1.82, 2.24) is 10.6 Å². The molecule has 0 fully saturated rings. The Bertz CT molecular complexity index is 436. The first-order chi connectivity index (χ1) is 9.40. The second kappa shape index (κ2) is 10.9. The van der Waals surface area contributed by atoms with Gasteiger partial charge in [0, 0.05) is 18.0 Å². The Morgan fingerprint density at radius 1 is 1.33 bits per heavy atom. The monoisotopic (exact) mass is 547 g/mol. The lowest BCUT2D eigenvalue weighted by Gasteiger charge is -2.11. The second-order valence-corrected chi connectivity index (χ2v) is 7.07. The molecule has 122 valence electrons. The molecule has 1 heterocycles. The normalized spacial score (nSPS) is 12.0. The highest BCUT2D eigenvalue weighted by molar-refractivity contribution is 14.1. The fraction of sp³-hybridized carbons (Fsp3) is 0.583. The molecular formula is C12H18F3I2N3S. The Hall–Kier alpha value is 0.220. The van der Waals surface area contributed by atoms with Crippen LogP contribution in [0.4, 0.5) is 13.2 Å². The molecule has 0 aliphatic carbocycles. The molecule has 0 unspecified atom stereocenters. The summed E-state index contributed by atoms with van der Waals surface area (Å²) in [6.45, 7) is 2.89. The maximum Gasteiger partial charge on any atom is 0.390 e. The SMILES string of the molecule is CCNC(=NCCC(F)(F)F)NCCc1ccc(I)s1.I. The van der Waals surface area contributed by atoms with E-state index in [1.807, 2.05) is 13.0 Å². The summed E-state index contributed by atoms with van der Waals surface area (Å²) in [5, 5.41) is 5.97. The summed E-state index contributed by atoms with van der Waals surface area (Å²) in [5.41, 5.74) is 0. The van der Waals surface area contributed by atoms with Gasteiger partial charge in [-0.05, 0) is 48.1 Å². The molecule has 1 rings (SSSR count). The maximum absolute atomic E-state index is 12.1. The fourth-order valence-electron chi connectivity index (χ4n) is 1.43. The minimum Gasteiger partial charge on any atom is -0.357 e. The Labute approximate surface area is 157 Å². The van der Waals surface area contributed by atoms with E-state index < -0.39 is 12.6 Å². The van der Waals surface area contributed by atoms with Crippen LogP contribution in [0.15, 0.2) is 17.1 Å². The number of hydrogen-bond donors (Lipinski definition) is 2. The zero-order valence-corrected chi connectivity index (χ0v) is 16.8. The number of thiophene rings is 1. The third-order valence-corrected chi connectivity index (χ3v) is 4.26. The van der Waals surface area contributed by atoms with Crippen LogP contribution in [-0.4, -0.2) is 31.8 Å². The van der Waals surface area contributed by atoms with Gasteiger partial charge in [0.15, 0.2) is 5.96 Å². The Morgan fingerprint density at radius 3 is 2.57 bits per heavy atom. The van der Waals surface area contributed by atoms with Crippen molar-refractivity contribution in [2.45, 2.75) is 25.9 Å². The third kappa shape index (κ3) is 10.6. The minimum atomic E-state index is -4.16. The van der Waals surface area contributed by atoms with Crippen LogP contribution in [0.25, 0.3) is 0 Å². The van der Waals surface area contributed by atoms with Crippen LogP contribution in [0.5, 0.6) is 0 Å². The van der Waals surface area contributed by atoms with Crippen molar-refractivity contribution < 1.29 is 13.2 Å². The molecule has 0 radical (unpaired) electrons. The Balaban J connectivity index is 0.00000400. The van der Waals surface area contributed by atoms with E-state index in [9.17, 15) is 13.2 Å². The summed E-state index contributed by atoms with van der Waals surface area (Å²) in [5.74, 6) is 0.433. The number of halogens is 5. The molecule has 0 atom stereocenters. The van der Waals surface area contributed by atoms with Gasteiger partial charge in [-0.2, -0.15) is 13.2 Å². The van der Waals surface area contributed by atoms with Crippen LogP contribution in [0.3, 0.4) is 0 Å². The van der Waals surface area contributed by atoms with Gasteiger partial charge in [0.05, 0.1) is 15.8 Å². The average Bonchev–Trinajstić information content (AvgIpc) is 2.73. The number of rotatable bonds is 6. The summed E-state index contributed by atoms with van der Waals surface area (Å²) < 4.78 is 37.4. The Morgan fingerprint density at radius 2 is 2.05 bits per heavy atom. The fourth-order valence-corrected chi connectivity index (χ4v) is 3.18. The lowest BCUT2D eigenvalue weighted by Crippen LogP contribution is -2.38. The molecule has 1 aromatic rings. The number of guanidine groups is 1. The van der Waals surface area contributed by atoms with Crippen LogP contribution in [0, 0.1) is 2.88 Å². The predicted octanol–water partition coefficient (Wildman–Crippen LogP) is 4.02. The second-order valence-electron chi connectivity index (χ2n) is 4.01. The molecule has 0 amide bonds. The van der Waals surface area contributed by atoms with E-state index in [0.29, 0.717) is 19.0 Å². The van der Waals surface area contributed by atoms with Gasteiger partial charge in [0.25, 0.3) is 0 Å². The summed E-state index contributed by atoms with van der Waals surface area (Å²) in [6.07, 6.45) is -4.22. The van der Waals surface area contributed by atoms with Gasteiger partial charge in [0.2, 0.25) is 0 Å². The molecule has 0 bridgehead atoms. The molecule has 3 nitrogen and oxygen atoms in total. The number of hydrogen-bond acceptors (Lipinski definition) is 2. The standard InChI is InChI=1S/C12H17F3IN3S.HI/c1-2-17-11(19-8-6-12(13,14)15)18-7-5-9-3-4-10(16)20-9;/h3-4H,2,5-8H2,1H3,(H2,17,18,19);1H. The zero-order valence-electron chi connectivity index (χ0n) is 11.5. The van der Waals surface area contributed by atoms with Crippen molar-refractivity contribution in [2.24, 2.45) is 4.99 Å². The van der Waals surface area contributed by atoms with Crippen LogP contribution in [0.2, 0.25) is 0 Å². The third-order valence-electron chi connectivity index (χ3n) is 2.30. The first-order valence-electron chi connectivity index (χ1n) is 6.24. The highest BCUT2D eigenvalue weighted by atomic mass is 127. The van der Waals surface area contributed by atoms with Crippen molar-refractivity contribution in [3.8, 4) is 0 Å². The van der Waals surface area contributed by atoms with Gasteiger partial charge in [-0.1, -0.05) is 0 Å². The molecule has 0 saturated heterocycles. The first-order valence-corrected chi connectivity index (χ1v) is 8.13. The highest BCUT2D eigenvalue weighted by Crippen LogP contribution is 2.19. The van der Waals surface area contributed by atoms with Gasteiger partial charge >= 0.3 is 6.18 Å². The molecule has 0 saturated carbocycles.